The van der Waals surface area contributed by atoms with Crippen molar-refractivity contribution in [1.29, 1.82) is 0 Å². The smallest absolute Gasteiger partial charge is 0.344 e. The van der Waals surface area contributed by atoms with Gasteiger partial charge in [-0.3, -0.25) is 14.3 Å². The number of aliphatic carboxylic acids is 1. The highest BCUT2D eigenvalue weighted by molar-refractivity contribution is 6.03. The highest BCUT2D eigenvalue weighted by Crippen LogP contribution is 2.18. The summed E-state index contributed by atoms with van der Waals surface area (Å²) in [4.78, 5) is 48.7. The van der Waals surface area contributed by atoms with Crippen LogP contribution in [0, 0.1) is 6.92 Å². The number of nitrogens with one attached hydrogen (secondary N) is 1. The summed E-state index contributed by atoms with van der Waals surface area (Å²) in [5.74, 6) is -2.65. The number of para-hydroxylation sites is 1. The second-order valence-corrected chi connectivity index (χ2v) is 6.80. The molecule has 3 N–H and O–H groups in total. The van der Waals surface area contributed by atoms with E-state index in [0.29, 0.717) is 4.68 Å². The molecule has 1 aromatic heterocycles. The zero-order valence-corrected chi connectivity index (χ0v) is 16.5. The number of nitrogens with zero attached hydrogens (tertiary/aromatic N) is 2. The van der Waals surface area contributed by atoms with Gasteiger partial charge in [0.15, 0.2) is 0 Å². The minimum Gasteiger partial charge on any atom is -0.480 e. The molecule has 0 aliphatic heterocycles. The number of hydrogen-bond acceptors (Lipinski definition) is 4. The van der Waals surface area contributed by atoms with Gasteiger partial charge < -0.3 is 15.5 Å². The number of rotatable bonds is 6. The Balaban J connectivity index is 2.09. The summed E-state index contributed by atoms with van der Waals surface area (Å²) < 4.78 is 1.53. The first-order chi connectivity index (χ1) is 14.3. The second-order valence-electron chi connectivity index (χ2n) is 6.80. The highest BCUT2D eigenvalue weighted by atomic mass is 16.4. The third-order valence-electron chi connectivity index (χ3n) is 4.97. The summed E-state index contributed by atoms with van der Waals surface area (Å²) in [5.41, 5.74) is 1.77. The molecule has 1 amide bonds. The van der Waals surface area contributed by atoms with Crippen molar-refractivity contribution in [3.05, 3.63) is 69.0 Å². The van der Waals surface area contributed by atoms with Crippen molar-refractivity contribution in [2.75, 3.05) is 0 Å². The van der Waals surface area contributed by atoms with Crippen molar-refractivity contribution >= 4 is 28.9 Å². The van der Waals surface area contributed by atoms with Crippen LogP contribution in [-0.2, 0) is 24.3 Å². The molecule has 0 bridgehead atoms. The molecule has 156 valence electrons. The first-order valence-corrected chi connectivity index (χ1v) is 9.31. The largest absolute Gasteiger partial charge is 0.480 e. The zero-order valence-electron chi connectivity index (χ0n) is 16.5. The fourth-order valence-corrected chi connectivity index (χ4v) is 3.56. The normalized spacial score (nSPS) is 10.9. The van der Waals surface area contributed by atoms with E-state index >= 15 is 0 Å². The Morgan fingerprint density at radius 1 is 1.07 bits per heavy atom. The number of hydrogen-bond donors (Lipinski definition) is 3. The van der Waals surface area contributed by atoms with E-state index in [1.807, 2.05) is 32.0 Å². The predicted octanol–water partition coefficient (Wildman–Crippen LogP) is 2.21. The number of benzene rings is 2. The van der Waals surface area contributed by atoms with Crippen molar-refractivity contribution in [2.45, 2.75) is 33.4 Å². The number of carbonyl (C=O) groups excluding carboxylic acids is 1. The summed E-state index contributed by atoms with van der Waals surface area (Å²) in [6.45, 7) is 3.29. The number of carboxylic acid groups (broad SMARTS) is 2. The molecule has 3 rings (SSSR count). The highest BCUT2D eigenvalue weighted by Gasteiger charge is 2.24. The van der Waals surface area contributed by atoms with Gasteiger partial charge in [-0.05, 0) is 42.2 Å². The van der Waals surface area contributed by atoms with E-state index in [1.165, 1.54) is 18.2 Å². The summed E-state index contributed by atoms with van der Waals surface area (Å²) in [5, 5.41) is 21.3. The van der Waals surface area contributed by atoms with Gasteiger partial charge in [-0.2, -0.15) is 4.68 Å². The maximum absolute atomic E-state index is 12.9. The fraction of sp³-hybridized carbons (Fsp3) is 0.238. The van der Waals surface area contributed by atoms with Gasteiger partial charge in [-0.15, -0.1) is 0 Å². The van der Waals surface area contributed by atoms with Gasteiger partial charge in [-0.25, -0.2) is 9.59 Å². The van der Waals surface area contributed by atoms with Crippen LogP contribution in [0.1, 0.15) is 34.0 Å². The third kappa shape index (κ3) is 3.69. The Hall–Kier alpha value is -3.88. The Labute approximate surface area is 171 Å². The number of aryl methyl sites for hydroxylation is 2. The van der Waals surface area contributed by atoms with E-state index in [4.69, 9.17) is 0 Å². The lowest BCUT2D eigenvalue weighted by atomic mass is 10.0. The van der Waals surface area contributed by atoms with Crippen LogP contribution in [0.4, 0.5) is 4.79 Å². The quantitative estimate of drug-likeness (QED) is 0.570. The van der Waals surface area contributed by atoms with Crippen LogP contribution in [0.15, 0.2) is 41.2 Å². The van der Waals surface area contributed by atoms with Crippen molar-refractivity contribution in [2.24, 2.45) is 0 Å². The molecule has 0 fully saturated rings. The van der Waals surface area contributed by atoms with Gasteiger partial charge in [0, 0.05) is 6.54 Å². The van der Waals surface area contributed by atoms with Crippen molar-refractivity contribution in [3.8, 4) is 0 Å². The zero-order chi connectivity index (χ0) is 22.0. The number of aromatic carboxylic acids is 1. The molecule has 0 aliphatic carbocycles. The molecule has 0 aliphatic rings. The molecule has 9 nitrogen and oxygen atoms in total. The van der Waals surface area contributed by atoms with Gasteiger partial charge in [-0.1, -0.05) is 31.2 Å². The monoisotopic (exact) mass is 411 g/mol. The number of aromatic nitrogens is 2. The molecular formula is C21H21N3O6. The van der Waals surface area contributed by atoms with Crippen LogP contribution in [-0.4, -0.2) is 37.5 Å². The fourth-order valence-electron chi connectivity index (χ4n) is 3.56. The average molecular weight is 411 g/mol. The Morgan fingerprint density at radius 2 is 1.77 bits per heavy atom. The average Bonchev–Trinajstić information content (AvgIpc) is 2.97. The topological polar surface area (TPSA) is 131 Å². The van der Waals surface area contributed by atoms with Gasteiger partial charge in [0.25, 0.3) is 5.56 Å². The Bertz CT molecular complexity index is 1220. The standard InChI is InChI=1S/C21H21N3O6/c1-3-13-7-4-6-12(2)16(13)10-22-21(30)24-19(27)14-8-5-9-15(20(28)29)18(14)23(24)11-17(25)26/h4-9H,3,10-11H2,1-2H3,(H,22,30)(H,25,26)(H,28,29). The van der Waals surface area contributed by atoms with Crippen LogP contribution >= 0.6 is 0 Å². The van der Waals surface area contributed by atoms with Crippen LogP contribution in [0.2, 0.25) is 0 Å². The molecule has 30 heavy (non-hydrogen) atoms. The summed E-state index contributed by atoms with van der Waals surface area (Å²) in [6, 6.07) is 8.94. The molecule has 0 spiro atoms. The molecule has 0 saturated carbocycles. The van der Waals surface area contributed by atoms with E-state index < -0.39 is 30.1 Å². The molecule has 2 aromatic carbocycles. The lowest BCUT2D eigenvalue weighted by Crippen LogP contribution is -2.39. The molecule has 1 heterocycles. The van der Waals surface area contributed by atoms with Crippen LogP contribution in [0.5, 0.6) is 0 Å². The predicted molar refractivity (Wildman–Crippen MR) is 109 cm³/mol. The summed E-state index contributed by atoms with van der Waals surface area (Å²) in [6.07, 6.45) is 0.758. The van der Waals surface area contributed by atoms with E-state index in [9.17, 15) is 29.4 Å². The SMILES string of the molecule is CCc1cccc(C)c1CNC(=O)n1c(=O)c2cccc(C(=O)O)c2n1CC(=O)O. The molecular weight excluding hydrogens is 390 g/mol. The number of amides is 1. The minimum atomic E-state index is -1.33. The molecule has 3 aromatic rings. The third-order valence-corrected chi connectivity index (χ3v) is 4.97. The van der Waals surface area contributed by atoms with Crippen LogP contribution < -0.4 is 10.9 Å². The van der Waals surface area contributed by atoms with E-state index in [-0.39, 0.29) is 23.0 Å². The van der Waals surface area contributed by atoms with Crippen molar-refractivity contribution in [3.63, 3.8) is 0 Å². The van der Waals surface area contributed by atoms with Crippen LogP contribution in [0.3, 0.4) is 0 Å². The number of fused-ring (bicyclic) bond motifs is 1. The molecule has 0 radical (unpaired) electrons. The minimum absolute atomic E-state index is 0.0450. The molecule has 9 heteroatoms. The van der Waals surface area contributed by atoms with Gasteiger partial charge in [0.05, 0.1) is 16.5 Å². The lowest BCUT2D eigenvalue weighted by molar-refractivity contribution is -0.137. The summed E-state index contributed by atoms with van der Waals surface area (Å²) in [7, 11) is 0. The van der Waals surface area contributed by atoms with Crippen molar-refractivity contribution in [1.82, 2.24) is 14.7 Å². The van der Waals surface area contributed by atoms with Gasteiger partial charge in [0.1, 0.15) is 6.54 Å². The second kappa shape index (κ2) is 8.24. The molecule has 0 atom stereocenters. The van der Waals surface area contributed by atoms with Crippen LogP contribution in [0.25, 0.3) is 10.9 Å². The Kier molecular flexibility index (Phi) is 5.72. The summed E-state index contributed by atoms with van der Waals surface area (Å²) >= 11 is 0. The first kappa shape index (κ1) is 20.8. The Morgan fingerprint density at radius 3 is 2.40 bits per heavy atom. The van der Waals surface area contributed by atoms with E-state index in [0.717, 1.165) is 27.8 Å². The van der Waals surface area contributed by atoms with Crippen molar-refractivity contribution < 1.29 is 24.6 Å². The van der Waals surface area contributed by atoms with E-state index in [1.54, 1.807) is 0 Å². The maximum Gasteiger partial charge on any atom is 0.344 e. The van der Waals surface area contributed by atoms with Gasteiger partial charge in [0.2, 0.25) is 0 Å². The van der Waals surface area contributed by atoms with E-state index in [2.05, 4.69) is 5.32 Å². The number of carboxylic acids is 2. The van der Waals surface area contributed by atoms with Gasteiger partial charge >= 0.3 is 18.0 Å². The first-order valence-electron chi connectivity index (χ1n) is 9.31. The number of carbonyl (C=O) groups is 3. The molecule has 0 unspecified atom stereocenters. The maximum atomic E-state index is 12.9. The molecule has 0 saturated heterocycles. The lowest BCUT2D eigenvalue weighted by Gasteiger charge is -2.14.